The van der Waals surface area contributed by atoms with Crippen LogP contribution < -0.4 is 0 Å². The Morgan fingerprint density at radius 2 is 1.29 bits per heavy atom. The van der Waals surface area contributed by atoms with Crippen LogP contribution in [0.15, 0.2) is 71.6 Å². The summed E-state index contributed by atoms with van der Waals surface area (Å²) in [7, 11) is -6.49. The molecule has 0 aliphatic carbocycles. The summed E-state index contributed by atoms with van der Waals surface area (Å²) < 4.78 is 107. The van der Waals surface area contributed by atoms with E-state index in [0.29, 0.717) is 26.7 Å². The van der Waals surface area contributed by atoms with Crippen LogP contribution in [-0.4, -0.2) is 26.0 Å². The fourth-order valence-electron chi connectivity index (χ4n) is 2.80. The first-order valence-corrected chi connectivity index (χ1v) is 12.0. The maximum absolute atomic E-state index is 13.8. The Hall–Kier alpha value is -1.92. The van der Waals surface area contributed by atoms with Gasteiger partial charge in [-0.15, -0.1) is 0 Å². The van der Waals surface area contributed by atoms with Crippen LogP contribution in [0.5, 0.6) is 0 Å². The minimum Gasteiger partial charge on any atom is -0.203 e. The fraction of sp³-hybridized carbons (Fsp3) is 0.143. The molecule has 0 aliphatic rings. The standard InChI is InChI=1S/C21H12Cl2F6O3S2/c22-14-8-4-12(5-9-14)16-2-1-3-17(18(16)13-6-10-15(23)11-7-13)33-32-34(30,31)21(28,29)20(26,27)19(24)25/h1-11,19H. The molecule has 0 fully saturated rings. The molecule has 0 aromatic heterocycles. The molecule has 0 unspecified atom stereocenters. The predicted molar refractivity (Wildman–Crippen MR) is 119 cm³/mol. The average Bonchev–Trinajstić information content (AvgIpc) is 2.78. The summed E-state index contributed by atoms with van der Waals surface area (Å²) in [6.07, 6.45) is -4.94. The third-order valence-electron chi connectivity index (χ3n) is 4.50. The normalized spacial score (nSPS) is 12.9. The highest BCUT2D eigenvalue weighted by Crippen LogP contribution is 2.47. The van der Waals surface area contributed by atoms with E-state index in [1.165, 1.54) is 24.3 Å². The maximum atomic E-state index is 13.8. The van der Waals surface area contributed by atoms with Crippen molar-refractivity contribution in [1.82, 2.24) is 0 Å². The van der Waals surface area contributed by atoms with Gasteiger partial charge in [0.2, 0.25) is 0 Å². The van der Waals surface area contributed by atoms with E-state index < -0.39 is 27.7 Å². The van der Waals surface area contributed by atoms with E-state index in [0.717, 1.165) is 0 Å². The molecule has 34 heavy (non-hydrogen) atoms. The SMILES string of the molecule is O=S(=O)(OSc1cccc(-c2ccc(Cl)cc2)c1-c1ccc(Cl)cc1)C(F)(F)C(F)(F)C(F)F. The molecule has 0 amide bonds. The third-order valence-corrected chi connectivity index (χ3v) is 7.42. The highest BCUT2D eigenvalue weighted by Gasteiger charge is 2.72. The van der Waals surface area contributed by atoms with E-state index >= 15 is 0 Å². The third kappa shape index (κ3) is 5.18. The van der Waals surface area contributed by atoms with E-state index in [9.17, 15) is 34.8 Å². The van der Waals surface area contributed by atoms with Crippen molar-refractivity contribution in [3.05, 3.63) is 76.8 Å². The van der Waals surface area contributed by atoms with Gasteiger partial charge in [0, 0.05) is 20.5 Å². The van der Waals surface area contributed by atoms with Gasteiger partial charge in [-0.3, -0.25) is 0 Å². The molecule has 3 aromatic rings. The zero-order valence-corrected chi connectivity index (χ0v) is 19.6. The predicted octanol–water partition coefficient (Wildman–Crippen LogP) is 8.17. The lowest BCUT2D eigenvalue weighted by Gasteiger charge is -2.24. The first-order valence-electron chi connectivity index (χ1n) is 9.07. The highest BCUT2D eigenvalue weighted by molar-refractivity contribution is 8.04. The Balaban J connectivity index is 2.07. The van der Waals surface area contributed by atoms with Crippen LogP contribution in [0.3, 0.4) is 0 Å². The van der Waals surface area contributed by atoms with Crippen LogP contribution in [0.25, 0.3) is 22.3 Å². The van der Waals surface area contributed by atoms with Crippen molar-refractivity contribution in [2.24, 2.45) is 0 Å². The van der Waals surface area contributed by atoms with Crippen LogP contribution in [0, 0.1) is 0 Å². The van der Waals surface area contributed by atoms with Crippen molar-refractivity contribution in [3.63, 3.8) is 0 Å². The molecule has 3 aromatic carbocycles. The van der Waals surface area contributed by atoms with Gasteiger partial charge in [-0.25, -0.2) is 8.78 Å². The molecule has 182 valence electrons. The van der Waals surface area contributed by atoms with Crippen molar-refractivity contribution in [2.75, 3.05) is 0 Å². The molecule has 0 aliphatic heterocycles. The van der Waals surface area contributed by atoms with E-state index in [4.69, 9.17) is 23.2 Å². The topological polar surface area (TPSA) is 43.4 Å². The first-order chi connectivity index (χ1) is 15.8. The van der Waals surface area contributed by atoms with Crippen molar-refractivity contribution in [1.29, 1.82) is 0 Å². The number of rotatable bonds is 8. The second-order valence-corrected chi connectivity index (χ2v) is 10.2. The van der Waals surface area contributed by atoms with Crippen molar-refractivity contribution >= 4 is 45.4 Å². The number of halogens is 8. The summed E-state index contributed by atoms with van der Waals surface area (Å²) in [5, 5.41) is -5.39. The molecule has 0 N–H and O–H groups in total. The number of benzene rings is 3. The van der Waals surface area contributed by atoms with E-state index in [1.807, 2.05) is 0 Å². The van der Waals surface area contributed by atoms with E-state index in [1.54, 1.807) is 42.5 Å². The zero-order chi connectivity index (χ0) is 25.3. The smallest absolute Gasteiger partial charge is 0.203 e. The molecule has 0 atom stereocenters. The van der Waals surface area contributed by atoms with E-state index in [-0.39, 0.29) is 22.5 Å². The summed E-state index contributed by atoms with van der Waals surface area (Å²) in [4.78, 5) is -0.0745. The maximum Gasteiger partial charge on any atom is 0.438 e. The molecule has 0 saturated heterocycles. The van der Waals surface area contributed by atoms with Crippen LogP contribution in [-0.2, 0) is 13.7 Å². The molecule has 0 saturated carbocycles. The Morgan fingerprint density at radius 3 is 1.79 bits per heavy atom. The van der Waals surface area contributed by atoms with E-state index in [2.05, 4.69) is 3.63 Å². The number of hydrogen-bond acceptors (Lipinski definition) is 4. The minimum atomic E-state index is -6.49. The van der Waals surface area contributed by atoms with Crippen molar-refractivity contribution < 1.29 is 38.4 Å². The zero-order valence-electron chi connectivity index (χ0n) is 16.5. The molecule has 0 radical (unpaired) electrons. The Labute approximate surface area is 205 Å². The fourth-order valence-corrected chi connectivity index (χ4v) is 4.92. The molecule has 0 spiro atoms. The van der Waals surface area contributed by atoms with Crippen LogP contribution in [0.2, 0.25) is 10.0 Å². The molecule has 0 heterocycles. The van der Waals surface area contributed by atoms with Gasteiger partial charge in [-0.05, 0) is 47.0 Å². The quantitative estimate of drug-likeness (QED) is 0.206. The van der Waals surface area contributed by atoms with Crippen LogP contribution in [0.4, 0.5) is 26.3 Å². The minimum absolute atomic E-state index is 0.0745. The Morgan fingerprint density at radius 1 is 0.794 bits per heavy atom. The van der Waals surface area contributed by atoms with Gasteiger partial charge in [0.15, 0.2) is 0 Å². The summed E-state index contributed by atoms with van der Waals surface area (Å²) in [5.74, 6) is -6.17. The second kappa shape index (κ2) is 9.98. The van der Waals surface area contributed by atoms with Gasteiger partial charge in [0.25, 0.3) is 0 Å². The molecule has 13 heteroatoms. The average molecular weight is 561 g/mol. The molecule has 0 bridgehead atoms. The molecular formula is C21H12Cl2F6O3S2. The van der Waals surface area contributed by atoms with Gasteiger partial charge in [0.05, 0.1) is 12.0 Å². The first kappa shape index (κ1) is 26.7. The Kier molecular flexibility index (Phi) is 7.83. The molecular weight excluding hydrogens is 549 g/mol. The summed E-state index contributed by atoms with van der Waals surface area (Å²) >= 11 is 11.6. The summed E-state index contributed by atoms with van der Waals surface area (Å²) in [5.41, 5.74) is 1.80. The van der Waals surface area contributed by atoms with Gasteiger partial charge >= 0.3 is 27.7 Å². The van der Waals surface area contributed by atoms with Gasteiger partial charge < -0.3 is 0 Å². The lowest BCUT2D eigenvalue weighted by molar-refractivity contribution is -0.227. The Bertz CT molecular complexity index is 1270. The molecule has 3 nitrogen and oxygen atoms in total. The number of hydrogen-bond donors (Lipinski definition) is 0. The van der Waals surface area contributed by atoms with Crippen molar-refractivity contribution in [2.45, 2.75) is 22.5 Å². The van der Waals surface area contributed by atoms with Gasteiger partial charge in [-0.2, -0.15) is 29.6 Å². The lowest BCUT2D eigenvalue weighted by atomic mass is 9.94. The largest absolute Gasteiger partial charge is 0.438 e. The van der Waals surface area contributed by atoms with Crippen LogP contribution in [0.1, 0.15) is 0 Å². The lowest BCUT2D eigenvalue weighted by Crippen LogP contribution is -2.51. The number of alkyl halides is 6. The second-order valence-electron chi connectivity index (χ2n) is 6.74. The van der Waals surface area contributed by atoms with Crippen LogP contribution >= 0.6 is 35.2 Å². The monoisotopic (exact) mass is 560 g/mol. The highest BCUT2D eigenvalue weighted by atomic mass is 35.5. The van der Waals surface area contributed by atoms with Gasteiger partial charge in [0.1, 0.15) is 0 Å². The van der Waals surface area contributed by atoms with Crippen molar-refractivity contribution in [3.8, 4) is 22.3 Å². The molecule has 3 rings (SSSR count). The summed E-state index contributed by atoms with van der Waals surface area (Å²) in [6.45, 7) is 0. The summed E-state index contributed by atoms with van der Waals surface area (Å²) in [6, 6.07) is 16.9. The van der Waals surface area contributed by atoms with Gasteiger partial charge in [-0.1, -0.05) is 59.6 Å².